The molecule has 0 spiro atoms. The van der Waals surface area contributed by atoms with Gasteiger partial charge in [0.05, 0.1) is 20.4 Å². The molecule has 27 heavy (non-hydrogen) atoms. The molecule has 4 nitrogen and oxygen atoms in total. The van der Waals surface area contributed by atoms with Crippen molar-refractivity contribution in [2.75, 3.05) is 36.0 Å². The van der Waals surface area contributed by atoms with Gasteiger partial charge in [-0.25, -0.2) is 14.4 Å². The highest BCUT2D eigenvalue weighted by Crippen LogP contribution is 2.34. The zero-order chi connectivity index (χ0) is 18.5. The van der Waals surface area contributed by atoms with Crippen molar-refractivity contribution in [2.45, 2.75) is 13.8 Å². The Balaban J connectivity index is 1.35. The molecule has 2 aromatic carbocycles. The highest BCUT2D eigenvalue weighted by molar-refractivity contribution is 7.22. The van der Waals surface area contributed by atoms with Crippen LogP contribution >= 0.6 is 22.7 Å². The van der Waals surface area contributed by atoms with Gasteiger partial charge < -0.3 is 9.80 Å². The number of aryl methyl sites for hydroxylation is 2. The van der Waals surface area contributed by atoms with E-state index >= 15 is 0 Å². The molecule has 5 rings (SSSR count). The van der Waals surface area contributed by atoms with Crippen LogP contribution in [-0.2, 0) is 0 Å². The minimum atomic E-state index is -0.205. The number of benzene rings is 2. The summed E-state index contributed by atoms with van der Waals surface area (Å²) < 4.78 is 15.6. The van der Waals surface area contributed by atoms with Gasteiger partial charge >= 0.3 is 0 Å². The Kier molecular flexibility index (Phi) is 4.02. The average molecular weight is 399 g/mol. The van der Waals surface area contributed by atoms with E-state index in [4.69, 9.17) is 4.98 Å². The number of hydrogen-bond donors (Lipinski definition) is 0. The molecule has 0 saturated carbocycles. The van der Waals surface area contributed by atoms with Gasteiger partial charge in [-0.2, -0.15) is 0 Å². The highest BCUT2D eigenvalue weighted by atomic mass is 32.1. The Labute approximate surface area is 164 Å². The van der Waals surface area contributed by atoms with Crippen LogP contribution in [0.3, 0.4) is 0 Å². The number of piperazine rings is 1. The third-order valence-corrected chi connectivity index (χ3v) is 7.39. The minimum Gasteiger partial charge on any atom is -0.345 e. The molecule has 3 heterocycles. The van der Waals surface area contributed by atoms with E-state index in [1.807, 2.05) is 0 Å². The van der Waals surface area contributed by atoms with Crippen LogP contribution in [0, 0.1) is 19.7 Å². The predicted molar refractivity (Wildman–Crippen MR) is 113 cm³/mol. The first-order valence-electron chi connectivity index (χ1n) is 9.01. The van der Waals surface area contributed by atoms with Crippen LogP contribution in [-0.4, -0.2) is 36.1 Å². The summed E-state index contributed by atoms with van der Waals surface area (Å²) in [7, 11) is 0. The number of rotatable bonds is 2. The van der Waals surface area contributed by atoms with E-state index in [2.05, 4.69) is 40.8 Å². The number of hydrogen-bond acceptors (Lipinski definition) is 6. The SMILES string of the molecule is Cc1ccc2sc(N3CCN(c4nc5ccc(F)cc5s4)CC3)nc2c1C. The maximum Gasteiger partial charge on any atom is 0.186 e. The first-order chi connectivity index (χ1) is 13.1. The van der Waals surface area contributed by atoms with Crippen molar-refractivity contribution in [1.29, 1.82) is 0 Å². The molecule has 0 N–H and O–H groups in total. The molecular weight excluding hydrogens is 379 g/mol. The quantitative estimate of drug-likeness (QED) is 0.476. The number of fused-ring (bicyclic) bond motifs is 2. The van der Waals surface area contributed by atoms with Gasteiger partial charge in [0.25, 0.3) is 0 Å². The van der Waals surface area contributed by atoms with Crippen molar-refractivity contribution < 1.29 is 4.39 Å². The van der Waals surface area contributed by atoms with Gasteiger partial charge in [0.2, 0.25) is 0 Å². The first-order valence-corrected chi connectivity index (χ1v) is 10.6. The second kappa shape index (κ2) is 6.42. The molecule has 1 aliphatic heterocycles. The summed E-state index contributed by atoms with van der Waals surface area (Å²) in [6, 6.07) is 9.15. The maximum absolute atomic E-state index is 13.4. The molecular formula is C20H19FN4S2. The van der Waals surface area contributed by atoms with Crippen LogP contribution in [0.25, 0.3) is 20.4 Å². The summed E-state index contributed by atoms with van der Waals surface area (Å²) in [6.07, 6.45) is 0. The van der Waals surface area contributed by atoms with Crippen LogP contribution in [0.15, 0.2) is 30.3 Å². The first kappa shape index (κ1) is 16.9. The Hall–Kier alpha value is -2.25. The molecule has 4 aromatic rings. The van der Waals surface area contributed by atoms with Crippen molar-refractivity contribution >= 4 is 53.4 Å². The topological polar surface area (TPSA) is 32.3 Å². The van der Waals surface area contributed by atoms with E-state index in [1.165, 1.54) is 21.9 Å². The van der Waals surface area contributed by atoms with Crippen LogP contribution in [0.4, 0.5) is 14.7 Å². The molecule has 138 valence electrons. The molecule has 0 atom stereocenters. The minimum absolute atomic E-state index is 0.205. The van der Waals surface area contributed by atoms with E-state index in [0.717, 1.165) is 52.2 Å². The lowest BCUT2D eigenvalue weighted by Gasteiger charge is -2.34. The lowest BCUT2D eigenvalue weighted by atomic mass is 10.1. The van der Waals surface area contributed by atoms with Crippen LogP contribution in [0.2, 0.25) is 0 Å². The number of halogens is 1. The third kappa shape index (κ3) is 2.95. The predicted octanol–water partition coefficient (Wildman–Crippen LogP) is 4.99. The summed E-state index contributed by atoms with van der Waals surface area (Å²) in [5.41, 5.74) is 4.56. The molecule has 1 saturated heterocycles. The highest BCUT2D eigenvalue weighted by Gasteiger charge is 2.22. The standard InChI is InChI=1S/C20H19FN4S2/c1-12-3-6-16-18(13(12)2)23-20(26-16)25-9-7-24(8-10-25)19-22-15-5-4-14(21)11-17(15)27-19/h3-6,11H,7-10H2,1-2H3. The number of thiazole rings is 2. The van der Waals surface area contributed by atoms with Gasteiger partial charge in [-0.3, -0.25) is 0 Å². The molecule has 7 heteroatoms. The molecule has 1 fully saturated rings. The third-order valence-electron chi connectivity index (χ3n) is 5.23. The van der Waals surface area contributed by atoms with Gasteiger partial charge in [0, 0.05) is 26.2 Å². The van der Waals surface area contributed by atoms with Gasteiger partial charge in [0.15, 0.2) is 10.3 Å². The summed E-state index contributed by atoms with van der Waals surface area (Å²) in [4.78, 5) is 14.2. The number of nitrogens with zero attached hydrogens (tertiary/aromatic N) is 4. The Bertz CT molecular complexity index is 1140. The number of anilines is 2. The van der Waals surface area contributed by atoms with Gasteiger partial charge in [0.1, 0.15) is 5.82 Å². The van der Waals surface area contributed by atoms with E-state index < -0.39 is 0 Å². The second-order valence-electron chi connectivity index (χ2n) is 6.93. The monoisotopic (exact) mass is 398 g/mol. The van der Waals surface area contributed by atoms with Gasteiger partial charge in [-0.05, 0) is 49.2 Å². The van der Waals surface area contributed by atoms with E-state index in [9.17, 15) is 4.39 Å². The lowest BCUT2D eigenvalue weighted by molar-refractivity contribution is 0.630. The fourth-order valence-corrected chi connectivity index (χ4v) is 5.58. The maximum atomic E-state index is 13.4. The summed E-state index contributed by atoms with van der Waals surface area (Å²) in [5.74, 6) is -0.205. The van der Waals surface area contributed by atoms with E-state index in [0.29, 0.717) is 0 Å². The van der Waals surface area contributed by atoms with E-state index in [-0.39, 0.29) is 5.82 Å². The van der Waals surface area contributed by atoms with Crippen LogP contribution < -0.4 is 9.80 Å². The second-order valence-corrected chi connectivity index (χ2v) is 8.95. The smallest absolute Gasteiger partial charge is 0.186 e. The number of aromatic nitrogens is 2. The zero-order valence-electron chi connectivity index (χ0n) is 15.2. The van der Waals surface area contributed by atoms with Crippen molar-refractivity contribution in [3.63, 3.8) is 0 Å². The van der Waals surface area contributed by atoms with Gasteiger partial charge in [-0.1, -0.05) is 28.7 Å². The van der Waals surface area contributed by atoms with Crippen LogP contribution in [0.5, 0.6) is 0 Å². The lowest BCUT2D eigenvalue weighted by Crippen LogP contribution is -2.46. The molecule has 0 bridgehead atoms. The summed E-state index contributed by atoms with van der Waals surface area (Å²) in [6.45, 7) is 7.92. The molecule has 0 unspecified atom stereocenters. The Morgan fingerprint density at radius 2 is 1.52 bits per heavy atom. The molecule has 2 aromatic heterocycles. The van der Waals surface area contributed by atoms with Gasteiger partial charge in [-0.15, -0.1) is 0 Å². The normalized spacial score (nSPS) is 15.2. The largest absolute Gasteiger partial charge is 0.345 e. The van der Waals surface area contributed by atoms with Crippen molar-refractivity contribution in [3.05, 3.63) is 47.3 Å². The fraction of sp³-hybridized carbons (Fsp3) is 0.300. The summed E-state index contributed by atoms with van der Waals surface area (Å²) in [5, 5.41) is 2.08. The van der Waals surface area contributed by atoms with Crippen molar-refractivity contribution in [2.24, 2.45) is 0 Å². The Morgan fingerprint density at radius 3 is 2.26 bits per heavy atom. The van der Waals surface area contributed by atoms with Crippen molar-refractivity contribution in [3.8, 4) is 0 Å². The molecule has 1 aliphatic rings. The molecule has 0 amide bonds. The molecule has 0 aliphatic carbocycles. The van der Waals surface area contributed by atoms with Crippen LogP contribution in [0.1, 0.15) is 11.1 Å². The zero-order valence-corrected chi connectivity index (χ0v) is 16.8. The molecule has 0 radical (unpaired) electrons. The fourth-order valence-electron chi connectivity index (χ4n) is 3.46. The average Bonchev–Trinajstić information content (AvgIpc) is 3.29. The Morgan fingerprint density at radius 1 is 0.852 bits per heavy atom. The van der Waals surface area contributed by atoms with E-state index in [1.54, 1.807) is 34.8 Å². The van der Waals surface area contributed by atoms with Crippen molar-refractivity contribution in [1.82, 2.24) is 9.97 Å². The summed E-state index contributed by atoms with van der Waals surface area (Å²) >= 11 is 3.34.